The minimum absolute atomic E-state index is 0.0531. The molecule has 118 valence electrons. The number of benzene rings is 2. The quantitative estimate of drug-likeness (QED) is 0.871. The predicted octanol–water partition coefficient (Wildman–Crippen LogP) is 1.91. The number of fused-ring (bicyclic) bond motifs is 1. The molecule has 1 amide bonds. The van der Waals surface area contributed by atoms with E-state index in [2.05, 4.69) is 0 Å². The summed E-state index contributed by atoms with van der Waals surface area (Å²) in [6.07, 6.45) is 0. The lowest BCUT2D eigenvalue weighted by atomic mass is 10.1. The van der Waals surface area contributed by atoms with Crippen molar-refractivity contribution in [3.05, 3.63) is 59.2 Å². The highest BCUT2D eigenvalue weighted by Gasteiger charge is 2.21. The van der Waals surface area contributed by atoms with Gasteiger partial charge in [0.1, 0.15) is 25.4 Å². The summed E-state index contributed by atoms with van der Waals surface area (Å²) in [5, 5.41) is 0. The molecule has 0 aromatic heterocycles. The fourth-order valence-corrected chi connectivity index (χ4v) is 2.34. The summed E-state index contributed by atoms with van der Waals surface area (Å²) in [7, 11) is 0. The van der Waals surface area contributed by atoms with Gasteiger partial charge in [-0.05, 0) is 18.2 Å². The van der Waals surface area contributed by atoms with Crippen LogP contribution in [0.4, 0.5) is 0 Å². The highest BCUT2D eigenvalue weighted by molar-refractivity contribution is 5.95. The first-order chi connectivity index (χ1) is 11.2. The SMILES string of the molecule is NC(=O)c1ccccc1COC(=O)c1cccc2c1OCCO2. The van der Waals surface area contributed by atoms with E-state index in [-0.39, 0.29) is 6.61 Å². The van der Waals surface area contributed by atoms with Crippen LogP contribution in [-0.2, 0) is 11.3 Å². The van der Waals surface area contributed by atoms with Gasteiger partial charge < -0.3 is 19.9 Å². The molecule has 6 heteroatoms. The van der Waals surface area contributed by atoms with Crippen molar-refractivity contribution in [2.24, 2.45) is 5.73 Å². The fraction of sp³-hybridized carbons (Fsp3) is 0.176. The minimum atomic E-state index is -0.564. The zero-order valence-corrected chi connectivity index (χ0v) is 12.3. The summed E-state index contributed by atoms with van der Waals surface area (Å²) >= 11 is 0. The Kier molecular flexibility index (Phi) is 4.14. The maximum atomic E-state index is 12.3. The third kappa shape index (κ3) is 3.11. The van der Waals surface area contributed by atoms with Gasteiger partial charge in [-0.2, -0.15) is 0 Å². The van der Waals surface area contributed by atoms with Gasteiger partial charge in [-0.3, -0.25) is 4.79 Å². The first-order valence-corrected chi connectivity index (χ1v) is 7.10. The van der Waals surface area contributed by atoms with E-state index in [1.807, 2.05) is 0 Å². The van der Waals surface area contributed by atoms with E-state index in [1.165, 1.54) is 0 Å². The zero-order valence-electron chi connectivity index (χ0n) is 12.3. The highest BCUT2D eigenvalue weighted by atomic mass is 16.6. The van der Waals surface area contributed by atoms with Crippen LogP contribution in [0.1, 0.15) is 26.3 Å². The molecule has 0 saturated carbocycles. The molecule has 2 aromatic rings. The summed E-state index contributed by atoms with van der Waals surface area (Å²) in [6.45, 7) is 0.766. The van der Waals surface area contributed by atoms with E-state index < -0.39 is 11.9 Å². The number of hydrogen-bond donors (Lipinski definition) is 1. The van der Waals surface area contributed by atoms with Crippen LogP contribution in [0.25, 0.3) is 0 Å². The Bertz CT molecular complexity index is 756. The molecule has 0 fully saturated rings. The number of ether oxygens (including phenoxy) is 3. The van der Waals surface area contributed by atoms with E-state index in [4.69, 9.17) is 19.9 Å². The van der Waals surface area contributed by atoms with Crippen molar-refractivity contribution in [3.63, 3.8) is 0 Å². The molecule has 0 atom stereocenters. The highest BCUT2D eigenvalue weighted by Crippen LogP contribution is 2.34. The summed E-state index contributed by atoms with van der Waals surface area (Å²) in [6, 6.07) is 11.8. The van der Waals surface area contributed by atoms with Crippen molar-refractivity contribution >= 4 is 11.9 Å². The Hall–Kier alpha value is -3.02. The van der Waals surface area contributed by atoms with Gasteiger partial charge in [0.05, 0.1) is 0 Å². The summed E-state index contributed by atoms with van der Waals surface area (Å²) < 4.78 is 16.2. The largest absolute Gasteiger partial charge is 0.486 e. The van der Waals surface area contributed by atoms with Gasteiger partial charge in [-0.25, -0.2) is 4.79 Å². The molecule has 0 unspecified atom stereocenters. The van der Waals surface area contributed by atoms with Gasteiger partial charge in [-0.1, -0.05) is 24.3 Å². The Balaban J connectivity index is 1.77. The summed E-state index contributed by atoms with van der Waals surface area (Å²) in [5.74, 6) is -0.215. The first kappa shape index (κ1) is 14.9. The number of nitrogens with two attached hydrogens (primary N) is 1. The molecule has 0 aliphatic carbocycles. The predicted molar refractivity (Wildman–Crippen MR) is 81.5 cm³/mol. The van der Waals surface area contributed by atoms with E-state index in [9.17, 15) is 9.59 Å². The Morgan fingerprint density at radius 3 is 2.57 bits per heavy atom. The van der Waals surface area contributed by atoms with Crippen LogP contribution in [0.3, 0.4) is 0 Å². The second-order valence-corrected chi connectivity index (χ2v) is 4.93. The second-order valence-electron chi connectivity index (χ2n) is 4.93. The molecule has 1 aliphatic rings. The molecule has 6 nitrogen and oxygen atoms in total. The van der Waals surface area contributed by atoms with E-state index in [1.54, 1.807) is 42.5 Å². The van der Waals surface area contributed by atoms with Gasteiger partial charge >= 0.3 is 5.97 Å². The topological polar surface area (TPSA) is 87.9 Å². The van der Waals surface area contributed by atoms with Gasteiger partial charge in [-0.15, -0.1) is 0 Å². The van der Waals surface area contributed by atoms with Crippen LogP contribution >= 0.6 is 0 Å². The second kappa shape index (κ2) is 6.39. The van der Waals surface area contributed by atoms with Crippen LogP contribution in [0.15, 0.2) is 42.5 Å². The molecule has 3 rings (SSSR count). The van der Waals surface area contributed by atoms with Gasteiger partial charge in [0.2, 0.25) is 5.91 Å². The van der Waals surface area contributed by atoms with Crippen LogP contribution < -0.4 is 15.2 Å². The van der Waals surface area contributed by atoms with Crippen molar-refractivity contribution in [2.45, 2.75) is 6.61 Å². The number of esters is 1. The molecular formula is C17H15NO5. The van der Waals surface area contributed by atoms with Crippen molar-refractivity contribution in [3.8, 4) is 11.5 Å². The van der Waals surface area contributed by atoms with Crippen molar-refractivity contribution < 1.29 is 23.8 Å². The Labute approximate surface area is 132 Å². The molecule has 0 bridgehead atoms. The number of carbonyl (C=O) groups excluding carboxylic acids is 2. The smallest absolute Gasteiger partial charge is 0.342 e. The molecule has 1 aliphatic heterocycles. The number of rotatable bonds is 4. The third-order valence-electron chi connectivity index (χ3n) is 3.43. The summed E-state index contributed by atoms with van der Waals surface area (Å²) in [5.41, 5.74) is 6.48. The maximum Gasteiger partial charge on any atom is 0.342 e. The summed E-state index contributed by atoms with van der Waals surface area (Å²) in [4.78, 5) is 23.7. The normalized spacial score (nSPS) is 12.5. The lowest BCUT2D eigenvalue weighted by Gasteiger charge is -2.20. The van der Waals surface area contributed by atoms with Gasteiger partial charge in [0.25, 0.3) is 0 Å². The Morgan fingerprint density at radius 1 is 1.00 bits per heavy atom. The average molecular weight is 313 g/mol. The lowest BCUT2D eigenvalue weighted by molar-refractivity contribution is 0.0461. The maximum absolute atomic E-state index is 12.3. The molecule has 0 spiro atoms. The molecular weight excluding hydrogens is 298 g/mol. The fourth-order valence-electron chi connectivity index (χ4n) is 2.34. The molecule has 23 heavy (non-hydrogen) atoms. The van der Waals surface area contributed by atoms with Crippen LogP contribution in [-0.4, -0.2) is 25.1 Å². The van der Waals surface area contributed by atoms with Crippen LogP contribution in [0.5, 0.6) is 11.5 Å². The van der Waals surface area contributed by atoms with E-state index in [0.717, 1.165) is 0 Å². The number of para-hydroxylation sites is 1. The monoisotopic (exact) mass is 313 g/mol. The number of primary amides is 1. The lowest BCUT2D eigenvalue weighted by Crippen LogP contribution is -2.19. The molecule has 2 N–H and O–H groups in total. The first-order valence-electron chi connectivity index (χ1n) is 7.10. The van der Waals surface area contributed by atoms with E-state index >= 15 is 0 Å². The van der Waals surface area contributed by atoms with Crippen molar-refractivity contribution in [2.75, 3.05) is 13.2 Å². The average Bonchev–Trinajstić information content (AvgIpc) is 2.59. The van der Waals surface area contributed by atoms with Crippen LogP contribution in [0, 0.1) is 0 Å². The van der Waals surface area contributed by atoms with Crippen LogP contribution in [0.2, 0.25) is 0 Å². The van der Waals surface area contributed by atoms with E-state index in [0.29, 0.717) is 41.4 Å². The van der Waals surface area contributed by atoms with Crippen molar-refractivity contribution in [1.29, 1.82) is 0 Å². The number of hydrogen-bond acceptors (Lipinski definition) is 5. The number of amides is 1. The minimum Gasteiger partial charge on any atom is -0.486 e. The molecule has 1 heterocycles. The zero-order chi connectivity index (χ0) is 16.2. The van der Waals surface area contributed by atoms with Gasteiger partial charge in [0.15, 0.2) is 11.5 Å². The third-order valence-corrected chi connectivity index (χ3v) is 3.43. The molecule has 0 radical (unpaired) electrons. The van der Waals surface area contributed by atoms with Gasteiger partial charge in [0, 0.05) is 11.1 Å². The Morgan fingerprint density at radius 2 is 1.74 bits per heavy atom. The van der Waals surface area contributed by atoms with Crippen molar-refractivity contribution in [1.82, 2.24) is 0 Å². The molecule has 2 aromatic carbocycles. The standard InChI is InChI=1S/C17H15NO5/c18-16(19)12-5-2-1-4-11(12)10-23-17(20)13-6-3-7-14-15(13)22-9-8-21-14/h1-7H,8-10H2,(H2,18,19). The molecule has 0 saturated heterocycles. The number of carbonyl (C=O) groups is 2.